The van der Waals surface area contributed by atoms with E-state index in [1.165, 1.54) is 12.1 Å². The van der Waals surface area contributed by atoms with Gasteiger partial charge in [0.05, 0.1) is 5.02 Å². The fourth-order valence-electron chi connectivity index (χ4n) is 2.91. The fourth-order valence-corrected chi connectivity index (χ4v) is 3.02. The summed E-state index contributed by atoms with van der Waals surface area (Å²) in [7, 11) is 0. The zero-order valence-electron chi connectivity index (χ0n) is 11.9. The molecule has 22 heavy (non-hydrogen) atoms. The molecule has 2 heterocycles. The van der Waals surface area contributed by atoms with Crippen LogP contribution < -0.4 is 15.5 Å². The number of nitrogens with zero attached hydrogens (tertiary/aromatic N) is 1. The van der Waals surface area contributed by atoms with E-state index in [1.807, 2.05) is 4.90 Å². The summed E-state index contributed by atoms with van der Waals surface area (Å²) in [4.78, 5) is 25.2. The van der Waals surface area contributed by atoms with Crippen LogP contribution in [0.2, 0.25) is 5.02 Å². The molecule has 0 saturated carbocycles. The summed E-state index contributed by atoms with van der Waals surface area (Å²) in [5.74, 6) is -0.662. The van der Waals surface area contributed by atoms with E-state index in [0.717, 1.165) is 18.7 Å². The van der Waals surface area contributed by atoms with Crippen molar-refractivity contribution < 1.29 is 14.0 Å². The van der Waals surface area contributed by atoms with Gasteiger partial charge in [0.15, 0.2) is 0 Å². The Balaban J connectivity index is 1.56. The molecule has 2 saturated heterocycles. The highest BCUT2D eigenvalue weighted by atomic mass is 35.5. The molecule has 0 aromatic heterocycles. The topological polar surface area (TPSA) is 61.4 Å². The van der Waals surface area contributed by atoms with E-state index >= 15 is 0 Å². The van der Waals surface area contributed by atoms with Crippen molar-refractivity contribution >= 4 is 29.1 Å². The first-order valence-corrected chi connectivity index (χ1v) is 7.70. The molecule has 2 N–H and O–H groups in total. The van der Waals surface area contributed by atoms with Gasteiger partial charge in [0, 0.05) is 31.2 Å². The lowest BCUT2D eigenvalue weighted by molar-refractivity contribution is -0.126. The quantitative estimate of drug-likeness (QED) is 0.884. The summed E-state index contributed by atoms with van der Waals surface area (Å²) in [6.45, 7) is 1.36. The van der Waals surface area contributed by atoms with Gasteiger partial charge in [-0.15, -0.1) is 0 Å². The van der Waals surface area contributed by atoms with Crippen LogP contribution in [0.5, 0.6) is 0 Å². The highest BCUT2D eigenvalue weighted by molar-refractivity contribution is 6.30. The third kappa shape index (κ3) is 3.16. The SMILES string of the molecule is O=C1CC[C@H](C(=O)NC2CCN(c3ccc(Cl)c(F)c3)C2)N1. The first kappa shape index (κ1) is 15.1. The molecule has 0 spiro atoms. The van der Waals surface area contributed by atoms with Crippen molar-refractivity contribution in [1.82, 2.24) is 10.6 Å². The molecule has 2 aliphatic heterocycles. The van der Waals surface area contributed by atoms with Crippen LogP contribution in [0.4, 0.5) is 10.1 Å². The maximum Gasteiger partial charge on any atom is 0.242 e. The molecule has 7 heteroatoms. The number of nitrogens with one attached hydrogen (secondary N) is 2. The molecule has 3 rings (SSSR count). The smallest absolute Gasteiger partial charge is 0.242 e. The van der Waals surface area contributed by atoms with Crippen molar-refractivity contribution in [2.24, 2.45) is 0 Å². The molecule has 5 nitrogen and oxygen atoms in total. The van der Waals surface area contributed by atoms with Gasteiger partial charge in [-0.3, -0.25) is 9.59 Å². The molecular formula is C15H17ClFN3O2. The van der Waals surface area contributed by atoms with Crippen molar-refractivity contribution in [3.8, 4) is 0 Å². The summed E-state index contributed by atoms with van der Waals surface area (Å²) in [5, 5.41) is 5.71. The Morgan fingerprint density at radius 1 is 1.41 bits per heavy atom. The zero-order valence-corrected chi connectivity index (χ0v) is 12.7. The second kappa shape index (κ2) is 6.12. The standard InChI is InChI=1S/C15H17ClFN3O2/c16-11-2-1-10(7-12(11)17)20-6-5-9(8-20)18-15(22)13-3-4-14(21)19-13/h1-2,7,9,13H,3-6,8H2,(H,18,22)(H,19,21)/t9?,13-/m1/s1. The lowest BCUT2D eigenvalue weighted by Gasteiger charge is -2.20. The maximum atomic E-state index is 13.5. The van der Waals surface area contributed by atoms with Crippen LogP contribution >= 0.6 is 11.6 Å². The Morgan fingerprint density at radius 2 is 2.23 bits per heavy atom. The van der Waals surface area contributed by atoms with Gasteiger partial charge in [-0.05, 0) is 31.0 Å². The first-order chi connectivity index (χ1) is 10.5. The minimum absolute atomic E-state index is 0.00346. The highest BCUT2D eigenvalue weighted by Gasteiger charge is 2.31. The molecular weight excluding hydrogens is 309 g/mol. The van der Waals surface area contributed by atoms with Crippen molar-refractivity contribution in [2.75, 3.05) is 18.0 Å². The average molecular weight is 326 g/mol. The molecule has 1 unspecified atom stereocenters. The van der Waals surface area contributed by atoms with Crippen LogP contribution in [0.15, 0.2) is 18.2 Å². The monoisotopic (exact) mass is 325 g/mol. The van der Waals surface area contributed by atoms with Crippen molar-refractivity contribution in [3.63, 3.8) is 0 Å². The Hall–Kier alpha value is -1.82. The fraction of sp³-hybridized carbons (Fsp3) is 0.467. The van der Waals surface area contributed by atoms with Gasteiger partial charge in [0.25, 0.3) is 0 Å². The summed E-state index contributed by atoms with van der Waals surface area (Å²) in [6.07, 6.45) is 1.74. The van der Waals surface area contributed by atoms with E-state index in [4.69, 9.17) is 11.6 Å². The number of amides is 2. The number of anilines is 1. The Labute approximate surface area is 132 Å². The number of carbonyl (C=O) groups is 2. The lowest BCUT2D eigenvalue weighted by atomic mass is 10.2. The Bertz CT molecular complexity index is 610. The van der Waals surface area contributed by atoms with Gasteiger partial charge in [0.1, 0.15) is 11.9 Å². The highest BCUT2D eigenvalue weighted by Crippen LogP contribution is 2.25. The number of rotatable bonds is 3. The predicted molar refractivity (Wildman–Crippen MR) is 81.3 cm³/mol. The molecule has 1 aromatic carbocycles. The van der Waals surface area contributed by atoms with Gasteiger partial charge in [0.2, 0.25) is 11.8 Å². The third-order valence-electron chi connectivity index (χ3n) is 4.11. The van der Waals surface area contributed by atoms with Crippen LogP contribution in [-0.4, -0.2) is 37.0 Å². The number of hydrogen-bond donors (Lipinski definition) is 2. The predicted octanol–water partition coefficient (Wildman–Crippen LogP) is 1.45. The van der Waals surface area contributed by atoms with Crippen molar-refractivity contribution in [3.05, 3.63) is 29.0 Å². The van der Waals surface area contributed by atoms with Crippen LogP contribution in [0, 0.1) is 5.82 Å². The summed E-state index contributed by atoms with van der Waals surface area (Å²) < 4.78 is 13.5. The molecule has 2 atom stereocenters. The second-order valence-electron chi connectivity index (χ2n) is 5.70. The molecule has 0 radical (unpaired) electrons. The second-order valence-corrected chi connectivity index (χ2v) is 6.10. The number of halogens is 2. The third-order valence-corrected chi connectivity index (χ3v) is 4.42. The summed E-state index contributed by atoms with van der Waals surface area (Å²) >= 11 is 5.68. The molecule has 2 aliphatic rings. The van der Waals surface area contributed by atoms with Crippen LogP contribution in [0.3, 0.4) is 0 Å². The minimum atomic E-state index is -0.444. The van der Waals surface area contributed by atoms with Gasteiger partial charge in [-0.2, -0.15) is 0 Å². The zero-order chi connectivity index (χ0) is 15.7. The van der Waals surface area contributed by atoms with E-state index in [2.05, 4.69) is 10.6 Å². The van der Waals surface area contributed by atoms with Crippen LogP contribution in [0.25, 0.3) is 0 Å². The van der Waals surface area contributed by atoms with Crippen molar-refractivity contribution in [1.29, 1.82) is 0 Å². The summed E-state index contributed by atoms with van der Waals surface area (Å²) in [6, 6.07) is 4.29. The lowest BCUT2D eigenvalue weighted by Crippen LogP contribution is -2.46. The van der Waals surface area contributed by atoms with Gasteiger partial charge < -0.3 is 15.5 Å². The summed E-state index contributed by atoms with van der Waals surface area (Å²) in [5.41, 5.74) is 0.757. The normalized spacial score (nSPS) is 24.5. The molecule has 0 bridgehead atoms. The average Bonchev–Trinajstić information content (AvgIpc) is 3.11. The maximum absolute atomic E-state index is 13.5. The minimum Gasteiger partial charge on any atom is -0.369 e. The molecule has 2 amide bonds. The van der Waals surface area contributed by atoms with E-state index < -0.39 is 11.9 Å². The number of hydrogen-bond acceptors (Lipinski definition) is 3. The van der Waals surface area contributed by atoms with Crippen molar-refractivity contribution in [2.45, 2.75) is 31.3 Å². The van der Waals surface area contributed by atoms with E-state index in [1.54, 1.807) is 6.07 Å². The van der Waals surface area contributed by atoms with Gasteiger partial charge >= 0.3 is 0 Å². The van der Waals surface area contributed by atoms with Crippen LogP contribution in [0.1, 0.15) is 19.3 Å². The first-order valence-electron chi connectivity index (χ1n) is 7.32. The molecule has 0 aliphatic carbocycles. The van der Waals surface area contributed by atoms with Gasteiger partial charge in [-0.1, -0.05) is 11.6 Å². The molecule has 118 valence electrons. The number of benzene rings is 1. The van der Waals surface area contributed by atoms with E-state index in [0.29, 0.717) is 19.4 Å². The largest absolute Gasteiger partial charge is 0.369 e. The molecule has 1 aromatic rings. The number of carbonyl (C=O) groups excluding carboxylic acids is 2. The van der Waals surface area contributed by atoms with Gasteiger partial charge in [-0.25, -0.2) is 4.39 Å². The Morgan fingerprint density at radius 3 is 2.91 bits per heavy atom. The van der Waals surface area contributed by atoms with E-state index in [9.17, 15) is 14.0 Å². The molecule has 2 fully saturated rings. The van der Waals surface area contributed by atoms with E-state index in [-0.39, 0.29) is 22.9 Å². The van der Waals surface area contributed by atoms with Crippen LogP contribution in [-0.2, 0) is 9.59 Å². The Kier molecular flexibility index (Phi) is 4.20.